The Balaban J connectivity index is 2.46. The van der Waals surface area contributed by atoms with Gasteiger partial charge in [0.25, 0.3) is 0 Å². The lowest BCUT2D eigenvalue weighted by molar-refractivity contribution is -0.354. The predicted molar refractivity (Wildman–Crippen MR) is 81.0 cm³/mol. The first-order chi connectivity index (χ1) is 10.2. The Morgan fingerprint density at radius 3 is 1.95 bits per heavy atom. The van der Waals surface area contributed by atoms with Gasteiger partial charge in [0.05, 0.1) is 33.5 Å². The molecule has 21 heavy (non-hydrogen) atoms. The van der Waals surface area contributed by atoms with Gasteiger partial charge in [-0.2, -0.15) is 4.74 Å². The van der Waals surface area contributed by atoms with E-state index in [4.69, 9.17) is 14.2 Å². The van der Waals surface area contributed by atoms with Crippen molar-refractivity contribution in [1.29, 1.82) is 0 Å². The summed E-state index contributed by atoms with van der Waals surface area (Å²) in [5.74, 6) is 1.33. The summed E-state index contributed by atoms with van der Waals surface area (Å²) in [7, 11) is 4.54. The Kier molecular flexibility index (Phi) is 4.66. The average Bonchev–Trinajstić information content (AvgIpc) is 2.54. The summed E-state index contributed by atoms with van der Waals surface area (Å²) in [5, 5.41) is 12.3. The van der Waals surface area contributed by atoms with Gasteiger partial charge in [0.2, 0.25) is 11.4 Å². The normalized spacial score (nSPS) is 11.1. The van der Waals surface area contributed by atoms with Crippen LogP contribution < -0.4 is 14.2 Å². The van der Waals surface area contributed by atoms with E-state index < -0.39 is 0 Å². The molecule has 0 saturated carbocycles. The van der Waals surface area contributed by atoms with Gasteiger partial charge in [-0.05, 0) is 12.1 Å². The number of nitrogens with zero attached hydrogens (tertiary/aromatic N) is 1. The maximum absolute atomic E-state index is 12.3. The number of ether oxygens (including phenoxy) is 3. The lowest BCUT2D eigenvalue weighted by Crippen LogP contribution is -2.01. The second kappa shape index (κ2) is 6.65. The zero-order chi connectivity index (χ0) is 15.2. The Labute approximate surface area is 123 Å². The molecule has 110 valence electrons. The van der Waals surface area contributed by atoms with Gasteiger partial charge in [0, 0.05) is 5.56 Å². The first-order valence-corrected chi connectivity index (χ1v) is 6.36. The topological polar surface area (TPSA) is 53.8 Å². The summed E-state index contributed by atoms with van der Waals surface area (Å²) in [4.78, 5) is 0. The molecule has 0 spiro atoms. The van der Waals surface area contributed by atoms with Crippen LogP contribution in [0.1, 0.15) is 5.56 Å². The third-order valence-electron chi connectivity index (χ3n) is 2.97. The molecule has 2 aromatic carbocycles. The van der Waals surface area contributed by atoms with Crippen LogP contribution in [0.3, 0.4) is 0 Å². The van der Waals surface area contributed by atoms with E-state index in [-0.39, 0.29) is 0 Å². The fourth-order valence-corrected chi connectivity index (χ4v) is 1.94. The fourth-order valence-electron chi connectivity index (χ4n) is 1.94. The van der Waals surface area contributed by atoms with Crippen LogP contribution in [0.5, 0.6) is 17.2 Å². The molecule has 0 radical (unpaired) electrons. The monoisotopic (exact) mass is 287 g/mol. The zero-order valence-corrected chi connectivity index (χ0v) is 12.2. The van der Waals surface area contributed by atoms with Crippen LogP contribution in [0.15, 0.2) is 42.5 Å². The number of benzene rings is 2. The summed E-state index contributed by atoms with van der Waals surface area (Å²) >= 11 is 0. The first-order valence-electron chi connectivity index (χ1n) is 6.36. The fraction of sp³-hybridized carbons (Fsp3) is 0.188. The number of hydrogen-bond acceptors (Lipinski definition) is 4. The highest BCUT2D eigenvalue weighted by molar-refractivity contribution is 5.76. The van der Waals surface area contributed by atoms with Crippen molar-refractivity contribution in [3.63, 3.8) is 0 Å². The van der Waals surface area contributed by atoms with Gasteiger partial charge < -0.3 is 19.4 Å². The first kappa shape index (κ1) is 14.7. The molecule has 0 heterocycles. The Morgan fingerprint density at radius 2 is 1.48 bits per heavy atom. The van der Waals surface area contributed by atoms with Gasteiger partial charge >= 0.3 is 0 Å². The van der Waals surface area contributed by atoms with Crippen LogP contribution in [0.2, 0.25) is 0 Å². The van der Waals surface area contributed by atoms with Gasteiger partial charge in [-0.3, -0.25) is 0 Å². The van der Waals surface area contributed by atoms with Crippen LogP contribution in [0.25, 0.3) is 0 Å². The maximum Gasteiger partial charge on any atom is 0.224 e. The minimum absolute atomic E-state index is 0.397. The molecular weight excluding hydrogens is 270 g/mol. The van der Waals surface area contributed by atoms with Crippen LogP contribution in [-0.2, 0) is 0 Å². The van der Waals surface area contributed by atoms with Crippen molar-refractivity contribution in [1.82, 2.24) is 0 Å². The second-order valence-electron chi connectivity index (χ2n) is 4.25. The highest BCUT2D eigenvalue weighted by atomic mass is 16.5. The van der Waals surface area contributed by atoms with Crippen molar-refractivity contribution < 1.29 is 18.9 Å². The quantitative estimate of drug-likeness (QED) is 0.367. The zero-order valence-electron chi connectivity index (χ0n) is 12.2. The van der Waals surface area contributed by atoms with Gasteiger partial charge in [-0.1, -0.05) is 18.2 Å². The molecule has 5 heteroatoms. The van der Waals surface area contributed by atoms with Crippen molar-refractivity contribution in [3.8, 4) is 17.2 Å². The van der Waals surface area contributed by atoms with E-state index in [2.05, 4.69) is 0 Å². The van der Waals surface area contributed by atoms with Gasteiger partial charge in [-0.25, -0.2) is 0 Å². The smallest absolute Gasteiger partial charge is 0.224 e. The van der Waals surface area contributed by atoms with E-state index in [0.717, 1.165) is 10.3 Å². The van der Waals surface area contributed by atoms with Crippen LogP contribution >= 0.6 is 0 Å². The van der Waals surface area contributed by atoms with Crippen LogP contribution in [0, 0.1) is 5.21 Å². The summed E-state index contributed by atoms with van der Waals surface area (Å²) in [6, 6.07) is 12.5. The Hall–Kier alpha value is -2.69. The largest absolute Gasteiger partial charge is 0.618 e. The van der Waals surface area contributed by atoms with E-state index >= 15 is 0 Å². The lowest BCUT2D eigenvalue weighted by Gasteiger charge is -2.13. The predicted octanol–water partition coefficient (Wildman–Crippen LogP) is 2.97. The second-order valence-corrected chi connectivity index (χ2v) is 4.25. The van der Waals surface area contributed by atoms with E-state index in [9.17, 15) is 5.21 Å². The molecule has 0 aliphatic heterocycles. The molecule has 0 unspecified atom stereocenters. The molecule has 0 aliphatic rings. The minimum Gasteiger partial charge on any atom is -0.618 e. The Bertz CT molecular complexity index is 613. The summed E-state index contributed by atoms with van der Waals surface area (Å²) in [5.41, 5.74) is 1.20. The standard InChI is InChI=1S/C16H17NO4/c1-19-14-9-13(10-15(20-2)16(14)21-3)17(18)11-12-7-5-4-6-8-12/h4-11H,1-3H3/b17-11+. The highest BCUT2D eigenvalue weighted by Crippen LogP contribution is 2.40. The molecule has 0 amide bonds. The number of hydrogen-bond donors (Lipinski definition) is 0. The molecular formula is C16H17NO4. The van der Waals surface area contributed by atoms with Crippen LogP contribution in [0.4, 0.5) is 5.69 Å². The molecule has 0 saturated heterocycles. The van der Waals surface area contributed by atoms with E-state index in [0.29, 0.717) is 22.9 Å². The van der Waals surface area contributed by atoms with Crippen molar-refractivity contribution in [2.45, 2.75) is 0 Å². The van der Waals surface area contributed by atoms with Crippen molar-refractivity contribution in [3.05, 3.63) is 53.2 Å². The molecule has 0 fully saturated rings. The van der Waals surface area contributed by atoms with E-state index in [1.807, 2.05) is 30.3 Å². The summed E-state index contributed by atoms with van der Waals surface area (Å²) in [6.07, 6.45) is 1.49. The third-order valence-corrected chi connectivity index (χ3v) is 2.97. The molecule has 0 N–H and O–H groups in total. The SMILES string of the molecule is COc1cc(/[N+]([O-])=C\c2ccccc2)cc(OC)c1OC. The van der Waals surface area contributed by atoms with E-state index in [1.165, 1.54) is 27.5 Å². The number of methoxy groups -OCH3 is 3. The summed E-state index contributed by atoms with van der Waals surface area (Å²) < 4.78 is 16.5. The molecule has 0 bridgehead atoms. The highest BCUT2D eigenvalue weighted by Gasteiger charge is 2.16. The molecule has 5 nitrogen and oxygen atoms in total. The maximum atomic E-state index is 12.3. The Morgan fingerprint density at radius 1 is 0.905 bits per heavy atom. The van der Waals surface area contributed by atoms with Gasteiger partial charge in [-0.15, -0.1) is 0 Å². The average molecular weight is 287 g/mol. The molecule has 0 aliphatic carbocycles. The molecule has 0 aromatic heterocycles. The van der Waals surface area contributed by atoms with Crippen molar-refractivity contribution in [2.75, 3.05) is 21.3 Å². The lowest BCUT2D eigenvalue weighted by atomic mass is 10.2. The van der Waals surface area contributed by atoms with Crippen molar-refractivity contribution in [2.24, 2.45) is 0 Å². The minimum atomic E-state index is 0.397. The van der Waals surface area contributed by atoms with E-state index in [1.54, 1.807) is 12.1 Å². The van der Waals surface area contributed by atoms with Crippen LogP contribution in [-0.4, -0.2) is 32.3 Å². The van der Waals surface area contributed by atoms with Crippen molar-refractivity contribution >= 4 is 11.9 Å². The summed E-state index contributed by atoms with van der Waals surface area (Å²) in [6.45, 7) is 0. The third kappa shape index (κ3) is 3.25. The molecule has 2 aromatic rings. The van der Waals surface area contributed by atoms with Gasteiger partial charge in [0.15, 0.2) is 17.7 Å². The molecule has 0 atom stereocenters. The van der Waals surface area contributed by atoms with Gasteiger partial charge in [0.1, 0.15) is 0 Å². The number of rotatable bonds is 5. The molecule has 2 rings (SSSR count).